The minimum Gasteiger partial charge on any atom is -0.356 e. The second kappa shape index (κ2) is 6.23. The first-order valence-electron chi connectivity index (χ1n) is 7.28. The highest BCUT2D eigenvalue weighted by Gasteiger charge is 2.14. The summed E-state index contributed by atoms with van der Waals surface area (Å²) in [6.45, 7) is 10.6. The average Bonchev–Trinajstić information content (AvgIpc) is 2.87. The van der Waals surface area contributed by atoms with Gasteiger partial charge in [-0.1, -0.05) is 57.1 Å². The lowest BCUT2D eigenvalue weighted by molar-refractivity contribution is 0.420. The van der Waals surface area contributed by atoms with E-state index in [1.807, 2.05) is 6.07 Å². The van der Waals surface area contributed by atoms with E-state index in [2.05, 4.69) is 62.4 Å². The molecule has 2 aromatic rings. The molecule has 0 unspecified atom stereocenters. The zero-order chi connectivity index (χ0) is 14.6. The number of hydrogen-bond donors (Lipinski definition) is 1. The van der Waals surface area contributed by atoms with Crippen molar-refractivity contribution >= 4 is 0 Å². The van der Waals surface area contributed by atoms with E-state index < -0.39 is 0 Å². The zero-order valence-corrected chi connectivity index (χ0v) is 12.9. The molecule has 108 valence electrons. The Bertz CT molecular complexity index is 535. The summed E-state index contributed by atoms with van der Waals surface area (Å²) in [4.78, 5) is 0. The van der Waals surface area contributed by atoms with Gasteiger partial charge in [-0.2, -0.15) is 0 Å². The third-order valence-electron chi connectivity index (χ3n) is 3.33. The molecule has 0 spiro atoms. The lowest BCUT2D eigenvalue weighted by Gasteiger charge is -2.18. The fourth-order valence-corrected chi connectivity index (χ4v) is 2.06. The molecule has 1 heterocycles. The van der Waals surface area contributed by atoms with Crippen LogP contribution in [0.2, 0.25) is 0 Å². The van der Waals surface area contributed by atoms with Crippen LogP contribution in [0, 0.1) is 0 Å². The molecular weight excluding hydrogens is 248 g/mol. The molecule has 0 aliphatic heterocycles. The van der Waals surface area contributed by atoms with Gasteiger partial charge in [-0.05, 0) is 23.9 Å². The number of hydrogen-bond acceptors (Lipinski definition) is 3. The van der Waals surface area contributed by atoms with Crippen molar-refractivity contribution < 1.29 is 4.52 Å². The van der Waals surface area contributed by atoms with Gasteiger partial charge in [-0.3, -0.25) is 0 Å². The van der Waals surface area contributed by atoms with E-state index >= 15 is 0 Å². The topological polar surface area (TPSA) is 38.1 Å². The molecule has 1 aromatic carbocycles. The lowest BCUT2D eigenvalue weighted by atomic mass is 9.86. The first kappa shape index (κ1) is 14.8. The first-order valence-corrected chi connectivity index (χ1v) is 7.28. The fraction of sp³-hybridized carbons (Fsp3) is 0.471. The molecule has 0 fully saturated rings. The van der Waals surface area contributed by atoms with Crippen LogP contribution in [0.1, 0.15) is 45.4 Å². The van der Waals surface area contributed by atoms with Gasteiger partial charge in [-0.15, -0.1) is 0 Å². The number of benzene rings is 1. The molecule has 3 heteroatoms. The highest BCUT2D eigenvalue weighted by Crippen LogP contribution is 2.26. The van der Waals surface area contributed by atoms with E-state index in [4.69, 9.17) is 4.52 Å². The molecule has 2 rings (SSSR count). The summed E-state index contributed by atoms with van der Waals surface area (Å²) in [5, 5.41) is 7.42. The Morgan fingerprint density at radius 3 is 2.45 bits per heavy atom. The summed E-state index contributed by atoms with van der Waals surface area (Å²) in [5.74, 6) is 0.832. The van der Waals surface area contributed by atoms with Gasteiger partial charge in [-0.25, -0.2) is 0 Å². The van der Waals surface area contributed by atoms with Gasteiger partial charge < -0.3 is 9.84 Å². The van der Waals surface area contributed by atoms with Crippen LogP contribution >= 0.6 is 0 Å². The van der Waals surface area contributed by atoms with E-state index in [1.54, 1.807) is 0 Å². The molecule has 0 amide bonds. The van der Waals surface area contributed by atoms with Crippen molar-refractivity contribution in [2.45, 2.75) is 46.1 Å². The number of aromatic nitrogens is 1. The molecular formula is C17H24N2O. The minimum atomic E-state index is 0.176. The van der Waals surface area contributed by atoms with Crippen LogP contribution in [0.15, 0.2) is 34.9 Å². The van der Waals surface area contributed by atoms with Crippen molar-refractivity contribution in [2.24, 2.45) is 0 Å². The summed E-state index contributed by atoms with van der Waals surface area (Å²) < 4.78 is 5.42. The molecule has 0 saturated heterocycles. The van der Waals surface area contributed by atoms with Gasteiger partial charge in [0.05, 0.1) is 5.69 Å². The normalized spacial score (nSPS) is 11.8. The Morgan fingerprint density at radius 2 is 1.85 bits per heavy atom. The Labute approximate surface area is 121 Å². The standard InChI is InChI=1S/C17H24N2O/c1-5-10-18-12-15-11-16(20-19-15)13-6-8-14(9-7-13)17(2,3)4/h6-9,11,18H,5,10,12H2,1-4H3. The fourth-order valence-electron chi connectivity index (χ4n) is 2.06. The first-order chi connectivity index (χ1) is 9.50. The van der Waals surface area contributed by atoms with Gasteiger partial charge in [0, 0.05) is 18.2 Å². The van der Waals surface area contributed by atoms with Crippen molar-refractivity contribution in [1.29, 1.82) is 0 Å². The molecule has 1 aromatic heterocycles. The Kier molecular flexibility index (Phi) is 4.61. The van der Waals surface area contributed by atoms with E-state index in [-0.39, 0.29) is 5.41 Å². The van der Waals surface area contributed by atoms with Crippen LogP contribution in [0.25, 0.3) is 11.3 Å². The minimum absolute atomic E-state index is 0.176. The quantitative estimate of drug-likeness (QED) is 0.831. The molecule has 0 saturated carbocycles. The van der Waals surface area contributed by atoms with Gasteiger partial charge in [0.1, 0.15) is 0 Å². The van der Waals surface area contributed by atoms with Crippen molar-refractivity contribution in [3.63, 3.8) is 0 Å². The monoisotopic (exact) mass is 272 g/mol. The van der Waals surface area contributed by atoms with Crippen molar-refractivity contribution in [2.75, 3.05) is 6.54 Å². The SMILES string of the molecule is CCCNCc1cc(-c2ccc(C(C)(C)C)cc2)on1. The third-order valence-corrected chi connectivity index (χ3v) is 3.33. The summed E-state index contributed by atoms with van der Waals surface area (Å²) in [6, 6.07) is 10.5. The molecule has 1 N–H and O–H groups in total. The zero-order valence-electron chi connectivity index (χ0n) is 12.9. The number of nitrogens with zero attached hydrogens (tertiary/aromatic N) is 1. The summed E-state index contributed by atoms with van der Waals surface area (Å²) >= 11 is 0. The van der Waals surface area contributed by atoms with E-state index in [9.17, 15) is 0 Å². The van der Waals surface area contributed by atoms with Gasteiger partial charge in [0.2, 0.25) is 0 Å². The molecule has 3 nitrogen and oxygen atoms in total. The smallest absolute Gasteiger partial charge is 0.167 e. The van der Waals surface area contributed by atoms with Crippen LogP contribution in [-0.2, 0) is 12.0 Å². The Morgan fingerprint density at radius 1 is 1.15 bits per heavy atom. The highest BCUT2D eigenvalue weighted by atomic mass is 16.5. The van der Waals surface area contributed by atoms with Crippen LogP contribution in [0.5, 0.6) is 0 Å². The van der Waals surface area contributed by atoms with Gasteiger partial charge in [0.15, 0.2) is 5.76 Å². The summed E-state index contributed by atoms with van der Waals surface area (Å²) in [5.41, 5.74) is 3.53. The van der Waals surface area contributed by atoms with Crippen LogP contribution in [0.4, 0.5) is 0 Å². The van der Waals surface area contributed by atoms with Crippen molar-refractivity contribution in [1.82, 2.24) is 10.5 Å². The van der Waals surface area contributed by atoms with Crippen molar-refractivity contribution in [3.05, 3.63) is 41.6 Å². The number of nitrogens with one attached hydrogen (secondary N) is 1. The summed E-state index contributed by atoms with van der Waals surface area (Å²) in [7, 11) is 0. The molecule has 0 aliphatic carbocycles. The van der Waals surface area contributed by atoms with Crippen LogP contribution in [0.3, 0.4) is 0 Å². The van der Waals surface area contributed by atoms with E-state index in [0.29, 0.717) is 0 Å². The second-order valence-corrected chi connectivity index (χ2v) is 6.19. The predicted molar refractivity (Wildman–Crippen MR) is 82.6 cm³/mol. The molecule has 0 bridgehead atoms. The summed E-state index contributed by atoms with van der Waals surface area (Å²) in [6.07, 6.45) is 1.12. The van der Waals surface area contributed by atoms with Crippen LogP contribution in [-0.4, -0.2) is 11.7 Å². The maximum Gasteiger partial charge on any atom is 0.167 e. The molecule has 0 aliphatic rings. The maximum absolute atomic E-state index is 5.42. The average molecular weight is 272 g/mol. The molecule has 0 radical (unpaired) electrons. The highest BCUT2D eigenvalue weighted by molar-refractivity contribution is 5.58. The third kappa shape index (κ3) is 3.70. The maximum atomic E-state index is 5.42. The largest absolute Gasteiger partial charge is 0.356 e. The second-order valence-electron chi connectivity index (χ2n) is 6.19. The van der Waals surface area contributed by atoms with E-state index in [0.717, 1.165) is 36.5 Å². The Hall–Kier alpha value is -1.61. The lowest BCUT2D eigenvalue weighted by Crippen LogP contribution is -2.13. The van der Waals surface area contributed by atoms with Gasteiger partial charge >= 0.3 is 0 Å². The number of rotatable bonds is 5. The molecule has 0 atom stereocenters. The molecule has 20 heavy (non-hydrogen) atoms. The van der Waals surface area contributed by atoms with Crippen LogP contribution < -0.4 is 5.32 Å². The Balaban J connectivity index is 2.08. The predicted octanol–water partition coefficient (Wildman–Crippen LogP) is 4.14. The van der Waals surface area contributed by atoms with Crippen molar-refractivity contribution in [3.8, 4) is 11.3 Å². The van der Waals surface area contributed by atoms with E-state index in [1.165, 1.54) is 5.56 Å². The van der Waals surface area contributed by atoms with Gasteiger partial charge in [0.25, 0.3) is 0 Å².